The highest BCUT2D eigenvalue weighted by molar-refractivity contribution is 7.91. The number of sulfone groups is 1. The molecule has 3 aromatic rings. The Morgan fingerprint density at radius 3 is 2.41 bits per heavy atom. The van der Waals surface area contributed by atoms with E-state index in [1.54, 1.807) is 17.2 Å². The average Bonchev–Trinajstić information content (AvgIpc) is 3.56. The number of amides is 3. The van der Waals surface area contributed by atoms with Crippen LogP contribution < -0.4 is 15.5 Å². The number of rotatable bonds is 10. The standard InChI is InChI=1S/C33H41F3N10O7S/c1-52-32(49)39-27-18-25(33(34,35)36)24(19-37-27)30-40-31(45-9-13-53-14-10-45)26-17-23(22-46(26)41-30)21-43-5-7-44(8-6-43)29(48)20-38-28(47)3-2-4-42-11-15-54(50,51)16-12-42/h2-3,17-19,22H,4-16,20-21H2,1H3,(H,38,47)(H,37,39,49)/b3-2+. The summed E-state index contributed by atoms with van der Waals surface area (Å²) in [5.74, 6) is -0.528. The first kappa shape index (κ1) is 38.9. The molecule has 3 aliphatic heterocycles. The van der Waals surface area contributed by atoms with Gasteiger partial charge in [0.15, 0.2) is 21.5 Å². The molecular weight excluding hydrogens is 737 g/mol. The largest absolute Gasteiger partial charge is 0.453 e. The van der Waals surface area contributed by atoms with Gasteiger partial charge in [-0.05, 0) is 17.7 Å². The van der Waals surface area contributed by atoms with Gasteiger partial charge in [-0.3, -0.25) is 24.7 Å². The Bertz CT molecular complexity index is 1980. The van der Waals surface area contributed by atoms with Crippen molar-refractivity contribution in [1.82, 2.24) is 39.6 Å². The first-order chi connectivity index (χ1) is 25.8. The zero-order valence-electron chi connectivity index (χ0n) is 29.5. The minimum atomic E-state index is -4.82. The molecule has 54 heavy (non-hydrogen) atoms. The predicted octanol–water partition coefficient (Wildman–Crippen LogP) is 0.872. The number of ether oxygens (including phenoxy) is 2. The van der Waals surface area contributed by atoms with Gasteiger partial charge in [0.2, 0.25) is 11.8 Å². The summed E-state index contributed by atoms with van der Waals surface area (Å²) in [6.45, 7) is 5.37. The molecule has 0 bridgehead atoms. The number of morpholine rings is 1. The molecule has 0 saturated carbocycles. The normalized spacial score (nSPS) is 18.6. The molecule has 17 nitrogen and oxygen atoms in total. The van der Waals surface area contributed by atoms with Crippen LogP contribution in [-0.4, -0.2) is 158 Å². The molecule has 0 radical (unpaired) electrons. The maximum Gasteiger partial charge on any atom is 0.417 e. The van der Waals surface area contributed by atoms with Gasteiger partial charge in [-0.1, -0.05) is 6.08 Å². The molecule has 6 rings (SSSR count). The summed E-state index contributed by atoms with van der Waals surface area (Å²) in [4.78, 5) is 53.0. The monoisotopic (exact) mass is 778 g/mol. The number of aromatic nitrogens is 4. The van der Waals surface area contributed by atoms with Gasteiger partial charge in [0, 0.05) is 83.9 Å². The van der Waals surface area contributed by atoms with E-state index in [0.717, 1.165) is 18.9 Å². The van der Waals surface area contributed by atoms with Crippen LogP contribution in [0.3, 0.4) is 0 Å². The lowest BCUT2D eigenvalue weighted by Crippen LogP contribution is -2.50. The minimum absolute atomic E-state index is 0.103. The molecule has 3 fully saturated rings. The fourth-order valence-corrected chi connectivity index (χ4v) is 7.60. The molecule has 2 N–H and O–H groups in total. The summed E-state index contributed by atoms with van der Waals surface area (Å²) in [5.41, 5.74) is -0.00741. The number of hydrogen-bond donors (Lipinski definition) is 2. The van der Waals surface area contributed by atoms with Gasteiger partial charge in [0.25, 0.3) is 0 Å². The molecular formula is C33H41F3N10O7S. The van der Waals surface area contributed by atoms with Crippen molar-refractivity contribution in [3.63, 3.8) is 0 Å². The molecule has 0 unspecified atom stereocenters. The molecule has 3 aromatic heterocycles. The van der Waals surface area contributed by atoms with Crippen molar-refractivity contribution in [2.45, 2.75) is 12.7 Å². The Hall–Kier alpha value is -4.86. The van der Waals surface area contributed by atoms with E-state index in [2.05, 4.69) is 35.3 Å². The summed E-state index contributed by atoms with van der Waals surface area (Å²) in [7, 11) is -1.89. The number of anilines is 2. The van der Waals surface area contributed by atoms with Crippen LogP contribution >= 0.6 is 0 Å². The molecule has 0 atom stereocenters. The van der Waals surface area contributed by atoms with Crippen LogP contribution in [0.4, 0.5) is 29.6 Å². The highest BCUT2D eigenvalue weighted by Crippen LogP contribution is 2.38. The third-order valence-corrected chi connectivity index (χ3v) is 10.9. The van der Waals surface area contributed by atoms with Crippen LogP contribution in [0.2, 0.25) is 0 Å². The summed E-state index contributed by atoms with van der Waals surface area (Å²) in [5, 5.41) is 9.24. The van der Waals surface area contributed by atoms with Gasteiger partial charge in [0.05, 0.1) is 49.5 Å². The van der Waals surface area contributed by atoms with Gasteiger partial charge in [-0.25, -0.2) is 27.7 Å². The number of carbonyl (C=O) groups excluding carboxylic acids is 3. The third kappa shape index (κ3) is 9.81. The molecule has 0 aromatic carbocycles. The predicted molar refractivity (Wildman–Crippen MR) is 189 cm³/mol. The summed E-state index contributed by atoms with van der Waals surface area (Å²) < 4.78 is 77.6. The van der Waals surface area contributed by atoms with Crippen LogP contribution in [0, 0.1) is 0 Å². The lowest BCUT2D eigenvalue weighted by molar-refractivity contribution is -0.137. The highest BCUT2D eigenvalue weighted by Gasteiger charge is 2.36. The Morgan fingerprint density at radius 2 is 1.72 bits per heavy atom. The van der Waals surface area contributed by atoms with Crippen LogP contribution in [0.1, 0.15) is 11.1 Å². The number of hydrogen-bond acceptors (Lipinski definition) is 13. The van der Waals surface area contributed by atoms with Gasteiger partial charge < -0.3 is 24.6 Å². The molecule has 3 amide bonds. The Kier molecular flexibility index (Phi) is 12.0. The topological polar surface area (TPSA) is 184 Å². The maximum absolute atomic E-state index is 14.3. The fourth-order valence-electron chi connectivity index (χ4n) is 6.33. The van der Waals surface area contributed by atoms with Crippen LogP contribution in [-0.2, 0) is 41.6 Å². The van der Waals surface area contributed by atoms with Crippen molar-refractivity contribution in [2.75, 3.05) is 107 Å². The summed E-state index contributed by atoms with van der Waals surface area (Å²) in [6, 6.07) is 2.61. The van der Waals surface area contributed by atoms with Gasteiger partial charge in [-0.15, -0.1) is 5.10 Å². The number of alkyl halides is 3. The molecule has 3 aliphatic rings. The maximum atomic E-state index is 14.3. The van der Waals surface area contributed by atoms with E-state index >= 15 is 0 Å². The lowest BCUT2D eigenvalue weighted by Gasteiger charge is -2.34. The van der Waals surface area contributed by atoms with E-state index in [1.165, 1.54) is 10.6 Å². The van der Waals surface area contributed by atoms with E-state index in [-0.39, 0.29) is 41.2 Å². The SMILES string of the molecule is COC(=O)Nc1cc(C(F)(F)F)c(-c2nc(N3CCOCC3)c3cc(CN4CCN(C(=O)CNC(=O)/C=C/CN5CCS(=O)(=O)CC5)CC4)cn3n2)cn1. The summed E-state index contributed by atoms with van der Waals surface area (Å²) >= 11 is 0. The Morgan fingerprint density at radius 1 is 1.00 bits per heavy atom. The van der Waals surface area contributed by atoms with Crippen LogP contribution in [0.15, 0.2) is 36.7 Å². The first-order valence-electron chi connectivity index (χ1n) is 17.3. The van der Waals surface area contributed by atoms with Crippen molar-refractivity contribution < 1.29 is 45.4 Å². The number of carbonyl (C=O) groups is 3. The smallest absolute Gasteiger partial charge is 0.417 e. The Balaban J connectivity index is 1.10. The highest BCUT2D eigenvalue weighted by atomic mass is 32.2. The second-order valence-electron chi connectivity index (χ2n) is 13.0. The van der Waals surface area contributed by atoms with Crippen molar-refractivity contribution in [3.8, 4) is 11.4 Å². The third-order valence-electron chi connectivity index (χ3n) is 9.29. The van der Waals surface area contributed by atoms with E-state index in [9.17, 15) is 36.0 Å². The minimum Gasteiger partial charge on any atom is -0.453 e. The number of nitrogens with one attached hydrogen (secondary N) is 2. The van der Waals surface area contributed by atoms with Crippen molar-refractivity contribution in [1.29, 1.82) is 0 Å². The van der Waals surface area contributed by atoms with Crippen LogP contribution in [0.25, 0.3) is 16.9 Å². The second kappa shape index (κ2) is 16.7. The number of pyridine rings is 1. The molecule has 3 saturated heterocycles. The molecule has 6 heterocycles. The lowest BCUT2D eigenvalue weighted by atomic mass is 10.1. The number of piperazine rings is 1. The van der Waals surface area contributed by atoms with Crippen LogP contribution in [0.5, 0.6) is 0 Å². The Labute approximate surface area is 309 Å². The number of fused-ring (bicyclic) bond motifs is 1. The molecule has 0 spiro atoms. The number of halogens is 3. The molecule has 0 aliphatic carbocycles. The van der Waals surface area contributed by atoms with E-state index in [1.807, 2.05) is 15.9 Å². The second-order valence-corrected chi connectivity index (χ2v) is 15.3. The summed E-state index contributed by atoms with van der Waals surface area (Å²) in [6.07, 6.45) is -0.0738. The molecule has 21 heteroatoms. The van der Waals surface area contributed by atoms with Gasteiger partial charge in [0.1, 0.15) is 11.3 Å². The zero-order chi connectivity index (χ0) is 38.5. The number of nitrogens with zero attached hydrogens (tertiary/aromatic N) is 8. The van der Waals surface area contributed by atoms with Crippen molar-refractivity contribution in [3.05, 3.63) is 47.8 Å². The zero-order valence-corrected chi connectivity index (χ0v) is 30.4. The van der Waals surface area contributed by atoms with Gasteiger partial charge >= 0.3 is 12.3 Å². The van der Waals surface area contributed by atoms with E-state index in [4.69, 9.17) is 4.74 Å². The van der Waals surface area contributed by atoms with Crippen molar-refractivity contribution >= 4 is 44.9 Å². The van der Waals surface area contributed by atoms with Crippen molar-refractivity contribution in [2.24, 2.45) is 0 Å². The van der Waals surface area contributed by atoms with E-state index in [0.29, 0.717) is 96.1 Å². The molecule has 292 valence electrons. The fraction of sp³-hybridized carbons (Fsp3) is 0.515. The number of methoxy groups -OCH3 is 1. The van der Waals surface area contributed by atoms with E-state index < -0.39 is 33.6 Å². The van der Waals surface area contributed by atoms with Gasteiger partial charge in [-0.2, -0.15) is 13.2 Å². The first-order valence-corrected chi connectivity index (χ1v) is 19.1. The quantitative estimate of drug-likeness (QED) is 0.277. The average molecular weight is 779 g/mol.